The van der Waals surface area contributed by atoms with Gasteiger partial charge in [-0.25, -0.2) is 0 Å². The predicted molar refractivity (Wildman–Crippen MR) is 69.8 cm³/mol. The van der Waals surface area contributed by atoms with Crippen molar-refractivity contribution in [2.24, 2.45) is 0 Å². The average Bonchev–Trinajstić information content (AvgIpc) is 2.30. The second-order valence-electron chi connectivity index (χ2n) is 3.60. The number of alkyl halides is 1. The normalized spacial score (nSPS) is 10.2. The minimum absolute atomic E-state index is 0.0241. The van der Waals surface area contributed by atoms with Gasteiger partial charge in [-0.05, 0) is 25.5 Å². The lowest BCUT2D eigenvalue weighted by molar-refractivity contribution is 0.0759. The summed E-state index contributed by atoms with van der Waals surface area (Å²) in [5.41, 5.74) is -0.0241. The van der Waals surface area contributed by atoms with Crippen molar-refractivity contribution < 1.29 is 15.0 Å². The van der Waals surface area contributed by atoms with E-state index in [9.17, 15) is 15.0 Å². The number of rotatable bonds is 5. The molecule has 0 aliphatic rings. The van der Waals surface area contributed by atoms with Crippen LogP contribution in [0.2, 0.25) is 0 Å². The second kappa shape index (κ2) is 6.49. The molecule has 0 aliphatic heterocycles. The number of benzene rings is 1. The van der Waals surface area contributed by atoms with Gasteiger partial charge in [0.05, 0.1) is 0 Å². The Kier molecular flexibility index (Phi) is 5.28. The van der Waals surface area contributed by atoms with Crippen LogP contribution < -0.4 is 0 Å². The standard InChI is InChI=1S/C12H16BrNO3/c1-2-14(8-4-7-13)12(17)11-9(15)5-3-6-10(11)16/h3,5-6,15-16H,2,4,7-8H2,1H3. The van der Waals surface area contributed by atoms with Crippen molar-refractivity contribution in [1.82, 2.24) is 4.90 Å². The summed E-state index contributed by atoms with van der Waals surface area (Å²) in [5, 5.41) is 20.0. The Morgan fingerprint density at radius 2 is 1.94 bits per heavy atom. The van der Waals surface area contributed by atoms with Crippen LogP contribution in [0.5, 0.6) is 11.5 Å². The number of phenolic OH excluding ortho intramolecular Hbond substituents is 2. The molecule has 1 rings (SSSR count). The molecule has 0 saturated heterocycles. The Labute approximate surface area is 109 Å². The maximum absolute atomic E-state index is 12.1. The highest BCUT2D eigenvalue weighted by molar-refractivity contribution is 9.09. The highest BCUT2D eigenvalue weighted by Crippen LogP contribution is 2.27. The van der Waals surface area contributed by atoms with Crippen LogP contribution in [-0.2, 0) is 0 Å². The number of hydrogen-bond donors (Lipinski definition) is 2. The van der Waals surface area contributed by atoms with E-state index >= 15 is 0 Å². The molecule has 0 spiro atoms. The van der Waals surface area contributed by atoms with Crippen molar-refractivity contribution in [3.05, 3.63) is 23.8 Å². The summed E-state index contributed by atoms with van der Waals surface area (Å²) < 4.78 is 0. The van der Waals surface area contributed by atoms with Gasteiger partial charge >= 0.3 is 0 Å². The lowest BCUT2D eigenvalue weighted by Crippen LogP contribution is -2.32. The number of carbonyl (C=O) groups is 1. The van der Waals surface area contributed by atoms with E-state index in [0.717, 1.165) is 11.8 Å². The molecule has 0 unspecified atom stereocenters. The van der Waals surface area contributed by atoms with Crippen molar-refractivity contribution in [2.45, 2.75) is 13.3 Å². The molecule has 5 heteroatoms. The van der Waals surface area contributed by atoms with E-state index in [1.807, 2.05) is 6.92 Å². The third kappa shape index (κ3) is 3.36. The van der Waals surface area contributed by atoms with E-state index in [2.05, 4.69) is 15.9 Å². The zero-order chi connectivity index (χ0) is 12.8. The van der Waals surface area contributed by atoms with Crippen LogP contribution in [0, 0.1) is 0 Å². The zero-order valence-electron chi connectivity index (χ0n) is 9.69. The molecule has 94 valence electrons. The molecule has 1 aromatic carbocycles. The van der Waals surface area contributed by atoms with Gasteiger partial charge in [-0.1, -0.05) is 22.0 Å². The van der Waals surface area contributed by atoms with Crippen LogP contribution >= 0.6 is 15.9 Å². The summed E-state index contributed by atoms with van der Waals surface area (Å²) in [4.78, 5) is 13.7. The van der Waals surface area contributed by atoms with E-state index < -0.39 is 0 Å². The Bertz CT molecular complexity index is 375. The lowest BCUT2D eigenvalue weighted by Gasteiger charge is -2.21. The van der Waals surface area contributed by atoms with Gasteiger partial charge in [0.15, 0.2) is 0 Å². The fourth-order valence-electron chi connectivity index (χ4n) is 1.56. The molecule has 4 nitrogen and oxygen atoms in total. The topological polar surface area (TPSA) is 60.8 Å². The molecular weight excluding hydrogens is 286 g/mol. The van der Waals surface area contributed by atoms with Crippen molar-refractivity contribution >= 4 is 21.8 Å². The van der Waals surface area contributed by atoms with Gasteiger partial charge in [0.2, 0.25) is 0 Å². The van der Waals surface area contributed by atoms with Gasteiger partial charge in [0.25, 0.3) is 5.91 Å². The molecule has 0 aliphatic carbocycles. The highest BCUT2D eigenvalue weighted by Gasteiger charge is 2.20. The summed E-state index contributed by atoms with van der Waals surface area (Å²) in [7, 11) is 0. The predicted octanol–water partition coefficient (Wildman–Crippen LogP) is 2.34. The molecule has 0 fully saturated rings. The lowest BCUT2D eigenvalue weighted by atomic mass is 10.1. The molecule has 1 amide bonds. The molecule has 0 atom stereocenters. The number of hydrogen-bond acceptors (Lipinski definition) is 3. The van der Waals surface area contributed by atoms with Gasteiger partial charge in [-0.15, -0.1) is 0 Å². The molecule has 0 bridgehead atoms. The molecule has 1 aromatic rings. The smallest absolute Gasteiger partial charge is 0.261 e. The maximum atomic E-state index is 12.1. The van der Waals surface area contributed by atoms with Crippen LogP contribution in [0.25, 0.3) is 0 Å². The Morgan fingerprint density at radius 1 is 1.35 bits per heavy atom. The number of phenols is 2. The second-order valence-corrected chi connectivity index (χ2v) is 4.39. The first kappa shape index (κ1) is 13.8. The average molecular weight is 302 g/mol. The van der Waals surface area contributed by atoms with Crippen molar-refractivity contribution in [3.63, 3.8) is 0 Å². The molecule has 0 aromatic heterocycles. The highest BCUT2D eigenvalue weighted by atomic mass is 79.9. The zero-order valence-corrected chi connectivity index (χ0v) is 11.3. The molecular formula is C12H16BrNO3. The van der Waals surface area contributed by atoms with Gasteiger partial charge in [0.1, 0.15) is 17.1 Å². The number of nitrogens with zero attached hydrogens (tertiary/aromatic N) is 1. The number of carbonyl (C=O) groups excluding carboxylic acids is 1. The largest absolute Gasteiger partial charge is 0.507 e. The minimum atomic E-state index is -0.343. The van der Waals surface area contributed by atoms with Crippen LogP contribution in [0.1, 0.15) is 23.7 Å². The fraction of sp³-hybridized carbons (Fsp3) is 0.417. The Balaban J connectivity index is 2.93. The van der Waals surface area contributed by atoms with E-state index in [-0.39, 0.29) is 23.0 Å². The molecule has 0 heterocycles. The molecule has 2 N–H and O–H groups in total. The summed E-state index contributed by atoms with van der Waals surface area (Å²) in [6.07, 6.45) is 0.827. The van der Waals surface area contributed by atoms with Gasteiger partial charge in [-0.3, -0.25) is 4.79 Å². The summed E-state index contributed by atoms with van der Waals surface area (Å²) >= 11 is 3.30. The monoisotopic (exact) mass is 301 g/mol. The summed E-state index contributed by atoms with van der Waals surface area (Å²) in [5.74, 6) is -0.719. The Morgan fingerprint density at radius 3 is 2.41 bits per heavy atom. The van der Waals surface area contributed by atoms with Crippen LogP contribution in [0.3, 0.4) is 0 Å². The first-order chi connectivity index (χ1) is 8.11. The van der Waals surface area contributed by atoms with Crippen LogP contribution in [0.4, 0.5) is 0 Å². The van der Waals surface area contributed by atoms with E-state index in [1.165, 1.54) is 18.2 Å². The quantitative estimate of drug-likeness (QED) is 0.821. The SMILES string of the molecule is CCN(CCCBr)C(=O)c1c(O)cccc1O. The van der Waals surface area contributed by atoms with Crippen molar-refractivity contribution in [3.8, 4) is 11.5 Å². The van der Waals surface area contributed by atoms with Gasteiger partial charge in [0, 0.05) is 18.4 Å². The van der Waals surface area contributed by atoms with Gasteiger partial charge in [-0.2, -0.15) is 0 Å². The number of aromatic hydroxyl groups is 2. The summed E-state index contributed by atoms with van der Waals surface area (Å²) in [6, 6.07) is 4.28. The Hall–Kier alpha value is -1.23. The first-order valence-electron chi connectivity index (χ1n) is 5.48. The van der Waals surface area contributed by atoms with E-state index in [4.69, 9.17) is 0 Å². The van der Waals surface area contributed by atoms with Crippen LogP contribution in [-0.4, -0.2) is 39.4 Å². The minimum Gasteiger partial charge on any atom is -0.507 e. The fourth-order valence-corrected chi connectivity index (χ4v) is 1.81. The molecule has 17 heavy (non-hydrogen) atoms. The van der Waals surface area contributed by atoms with Gasteiger partial charge < -0.3 is 15.1 Å². The summed E-state index contributed by atoms with van der Waals surface area (Å²) in [6.45, 7) is 3.00. The van der Waals surface area contributed by atoms with Crippen molar-refractivity contribution in [1.29, 1.82) is 0 Å². The molecule has 0 radical (unpaired) electrons. The van der Waals surface area contributed by atoms with E-state index in [0.29, 0.717) is 13.1 Å². The van der Waals surface area contributed by atoms with E-state index in [1.54, 1.807) is 4.90 Å². The third-order valence-electron chi connectivity index (χ3n) is 2.46. The molecule has 0 saturated carbocycles. The van der Waals surface area contributed by atoms with Crippen LogP contribution in [0.15, 0.2) is 18.2 Å². The van der Waals surface area contributed by atoms with Crippen molar-refractivity contribution in [2.75, 3.05) is 18.4 Å². The maximum Gasteiger partial charge on any atom is 0.261 e. The number of amides is 1. The first-order valence-corrected chi connectivity index (χ1v) is 6.60. The third-order valence-corrected chi connectivity index (χ3v) is 3.03. The number of halogens is 1.